The number of nitrogens with one attached hydrogen (secondary N) is 1. The molecule has 0 radical (unpaired) electrons. The van der Waals surface area contributed by atoms with Crippen molar-refractivity contribution < 1.29 is 21.8 Å². The summed E-state index contributed by atoms with van der Waals surface area (Å²) in [7, 11) is -4.78. The van der Waals surface area contributed by atoms with E-state index in [0.717, 1.165) is 28.6 Å². The van der Waals surface area contributed by atoms with Crippen molar-refractivity contribution in [1.29, 1.82) is 0 Å². The highest BCUT2D eigenvalue weighted by Gasteiger charge is 2.19. The molecule has 0 unspecified atom stereocenters. The Hall–Kier alpha value is -2.50. The fourth-order valence-electron chi connectivity index (χ4n) is 1.87. The van der Waals surface area contributed by atoms with Crippen molar-refractivity contribution in [2.45, 2.75) is 9.79 Å². The van der Waals surface area contributed by atoms with Gasteiger partial charge >= 0.3 is 0 Å². The van der Waals surface area contributed by atoms with Gasteiger partial charge in [-0.25, -0.2) is 21.1 Å². The minimum atomic E-state index is -3.95. The predicted molar refractivity (Wildman–Crippen MR) is 91.2 cm³/mol. The molecular formula is C14H15N3O6S2. The Bertz CT molecular complexity index is 982. The number of anilines is 1. The van der Waals surface area contributed by atoms with Gasteiger partial charge < -0.3 is 0 Å². The Morgan fingerprint density at radius 3 is 1.80 bits per heavy atom. The third-order valence-corrected chi connectivity index (χ3v) is 6.47. The summed E-state index contributed by atoms with van der Waals surface area (Å²) in [6, 6.07) is 9.60. The van der Waals surface area contributed by atoms with Gasteiger partial charge in [0.2, 0.25) is 10.0 Å². The van der Waals surface area contributed by atoms with Gasteiger partial charge in [0, 0.05) is 31.9 Å². The van der Waals surface area contributed by atoms with Gasteiger partial charge in [-0.15, -0.1) is 0 Å². The van der Waals surface area contributed by atoms with Crippen molar-refractivity contribution in [2.24, 2.45) is 0 Å². The third-order valence-electron chi connectivity index (χ3n) is 3.24. The van der Waals surface area contributed by atoms with E-state index in [4.69, 9.17) is 0 Å². The quantitative estimate of drug-likeness (QED) is 0.595. The average molecular weight is 385 g/mol. The summed E-state index contributed by atoms with van der Waals surface area (Å²) in [6.07, 6.45) is 0. The summed E-state index contributed by atoms with van der Waals surface area (Å²) in [6.45, 7) is 0. The number of hydrogen-bond acceptors (Lipinski definition) is 6. The lowest BCUT2D eigenvalue weighted by molar-refractivity contribution is -0.384. The van der Waals surface area contributed by atoms with Crippen LogP contribution in [0.4, 0.5) is 11.4 Å². The zero-order valence-corrected chi connectivity index (χ0v) is 14.9. The summed E-state index contributed by atoms with van der Waals surface area (Å²) in [5.74, 6) is 0. The van der Waals surface area contributed by atoms with E-state index < -0.39 is 25.0 Å². The molecule has 0 aromatic heterocycles. The van der Waals surface area contributed by atoms with Gasteiger partial charge in [0.25, 0.3) is 15.7 Å². The molecule has 0 fully saturated rings. The number of rotatable bonds is 6. The standard InChI is InChI=1S/C14H15N3O6S2/c1-16(2)25(22,23)14-7-3-11(4-8-14)15-24(20,21)13-9-5-12(6-10-13)17(18)19/h3-10,15H,1-2H3. The van der Waals surface area contributed by atoms with E-state index in [9.17, 15) is 26.9 Å². The fraction of sp³-hybridized carbons (Fsp3) is 0.143. The number of nitro benzene ring substituents is 1. The molecule has 2 aromatic carbocycles. The van der Waals surface area contributed by atoms with Gasteiger partial charge in [-0.2, -0.15) is 0 Å². The SMILES string of the molecule is CN(C)S(=O)(=O)c1ccc(NS(=O)(=O)c2ccc([N+](=O)[O-])cc2)cc1. The van der Waals surface area contributed by atoms with Gasteiger partial charge in [-0.3, -0.25) is 14.8 Å². The molecule has 11 heteroatoms. The van der Waals surface area contributed by atoms with Crippen LogP contribution < -0.4 is 4.72 Å². The maximum absolute atomic E-state index is 12.3. The molecule has 2 rings (SSSR count). The Balaban J connectivity index is 2.25. The molecule has 0 spiro atoms. The van der Waals surface area contributed by atoms with Crippen molar-refractivity contribution in [1.82, 2.24) is 4.31 Å². The second kappa shape index (κ2) is 6.78. The maximum Gasteiger partial charge on any atom is 0.269 e. The summed E-state index contributed by atoms with van der Waals surface area (Å²) >= 11 is 0. The van der Waals surface area contributed by atoms with Crippen LogP contribution in [0.3, 0.4) is 0 Å². The molecule has 25 heavy (non-hydrogen) atoms. The largest absolute Gasteiger partial charge is 0.280 e. The van der Waals surface area contributed by atoms with Crippen LogP contribution in [0, 0.1) is 10.1 Å². The molecular weight excluding hydrogens is 370 g/mol. The summed E-state index contributed by atoms with van der Waals surface area (Å²) in [4.78, 5) is 9.84. The van der Waals surface area contributed by atoms with E-state index >= 15 is 0 Å². The highest BCUT2D eigenvalue weighted by atomic mass is 32.2. The second-order valence-corrected chi connectivity index (χ2v) is 9.00. The van der Waals surface area contributed by atoms with Crippen LogP contribution in [0.2, 0.25) is 0 Å². The van der Waals surface area contributed by atoms with Crippen molar-refractivity contribution in [2.75, 3.05) is 18.8 Å². The zero-order valence-electron chi connectivity index (χ0n) is 13.3. The van der Waals surface area contributed by atoms with Crippen LogP contribution in [0.15, 0.2) is 58.3 Å². The lowest BCUT2D eigenvalue weighted by atomic mass is 10.3. The van der Waals surface area contributed by atoms with Crippen LogP contribution in [-0.2, 0) is 20.0 Å². The van der Waals surface area contributed by atoms with Gasteiger partial charge in [0.15, 0.2) is 0 Å². The molecule has 0 saturated heterocycles. The molecule has 1 N–H and O–H groups in total. The average Bonchev–Trinajstić information content (AvgIpc) is 2.55. The first-order valence-electron chi connectivity index (χ1n) is 6.84. The topological polar surface area (TPSA) is 127 Å². The number of hydrogen-bond donors (Lipinski definition) is 1. The van der Waals surface area contributed by atoms with Crippen molar-refractivity contribution in [3.63, 3.8) is 0 Å². The molecule has 0 amide bonds. The van der Waals surface area contributed by atoms with Crippen LogP contribution in [0.25, 0.3) is 0 Å². The predicted octanol–water partition coefficient (Wildman–Crippen LogP) is 1.65. The molecule has 0 aliphatic carbocycles. The van der Waals surface area contributed by atoms with Gasteiger partial charge in [-0.05, 0) is 36.4 Å². The van der Waals surface area contributed by atoms with Crippen LogP contribution >= 0.6 is 0 Å². The van der Waals surface area contributed by atoms with E-state index in [2.05, 4.69) is 4.72 Å². The van der Waals surface area contributed by atoms with Gasteiger partial charge in [-0.1, -0.05) is 0 Å². The zero-order chi connectivity index (χ0) is 18.8. The molecule has 0 atom stereocenters. The van der Waals surface area contributed by atoms with E-state index in [-0.39, 0.29) is 21.2 Å². The molecule has 134 valence electrons. The lowest BCUT2D eigenvalue weighted by Gasteiger charge is -2.12. The first-order chi connectivity index (χ1) is 11.5. The van der Waals surface area contributed by atoms with Gasteiger partial charge in [0.1, 0.15) is 0 Å². The molecule has 0 heterocycles. The third kappa shape index (κ3) is 4.13. The Labute approximate surface area is 145 Å². The minimum absolute atomic E-state index is 0.0239. The number of sulfonamides is 2. The second-order valence-electron chi connectivity index (χ2n) is 5.17. The van der Waals surface area contributed by atoms with Crippen molar-refractivity contribution >= 4 is 31.4 Å². The number of non-ortho nitro benzene ring substituents is 1. The van der Waals surface area contributed by atoms with Crippen molar-refractivity contribution in [3.05, 3.63) is 58.6 Å². The maximum atomic E-state index is 12.3. The number of nitro groups is 1. The highest BCUT2D eigenvalue weighted by Crippen LogP contribution is 2.21. The first kappa shape index (κ1) is 18.8. The first-order valence-corrected chi connectivity index (χ1v) is 9.76. The Morgan fingerprint density at radius 1 is 0.880 bits per heavy atom. The number of nitrogens with zero attached hydrogens (tertiary/aromatic N) is 2. The van der Waals surface area contributed by atoms with Gasteiger partial charge in [0.05, 0.1) is 14.7 Å². The summed E-state index contributed by atoms with van der Waals surface area (Å²) in [5, 5.41) is 10.6. The van der Waals surface area contributed by atoms with E-state index in [1.54, 1.807) is 0 Å². The summed E-state index contributed by atoms with van der Waals surface area (Å²) < 4.78 is 51.8. The Kier molecular flexibility index (Phi) is 5.11. The van der Waals surface area contributed by atoms with Crippen LogP contribution in [-0.4, -0.2) is 40.2 Å². The lowest BCUT2D eigenvalue weighted by Crippen LogP contribution is -2.22. The normalized spacial score (nSPS) is 12.1. The molecule has 0 saturated carbocycles. The van der Waals surface area contributed by atoms with Crippen molar-refractivity contribution in [3.8, 4) is 0 Å². The van der Waals surface area contributed by atoms with Crippen LogP contribution in [0.1, 0.15) is 0 Å². The van der Waals surface area contributed by atoms with Crippen LogP contribution in [0.5, 0.6) is 0 Å². The van der Waals surface area contributed by atoms with E-state index in [1.807, 2.05) is 0 Å². The summed E-state index contributed by atoms with van der Waals surface area (Å²) in [5.41, 5.74) is -0.0618. The Morgan fingerprint density at radius 2 is 1.36 bits per heavy atom. The monoisotopic (exact) mass is 385 g/mol. The van der Waals surface area contributed by atoms with E-state index in [0.29, 0.717) is 0 Å². The molecule has 2 aromatic rings. The molecule has 9 nitrogen and oxygen atoms in total. The smallest absolute Gasteiger partial charge is 0.269 e. The minimum Gasteiger partial charge on any atom is -0.280 e. The highest BCUT2D eigenvalue weighted by molar-refractivity contribution is 7.92. The molecule has 0 aliphatic heterocycles. The molecule has 0 aliphatic rings. The molecule has 0 bridgehead atoms. The van der Waals surface area contributed by atoms with E-state index in [1.165, 1.54) is 38.4 Å². The number of benzene rings is 2. The fourth-order valence-corrected chi connectivity index (χ4v) is 3.83.